The van der Waals surface area contributed by atoms with E-state index in [1.54, 1.807) is 16.2 Å². The Morgan fingerprint density at radius 3 is 2.79 bits per heavy atom. The first kappa shape index (κ1) is 18.7. The van der Waals surface area contributed by atoms with Crippen LogP contribution in [0.2, 0.25) is 0 Å². The summed E-state index contributed by atoms with van der Waals surface area (Å²) in [5.74, 6) is 0.560. The van der Waals surface area contributed by atoms with Gasteiger partial charge in [0.25, 0.3) is 0 Å². The van der Waals surface area contributed by atoms with E-state index >= 15 is 0 Å². The lowest BCUT2D eigenvalue weighted by atomic mass is 9.89. The largest absolute Gasteiger partial charge is 0.372 e. The Hall–Kier alpha value is -2.26. The van der Waals surface area contributed by atoms with Gasteiger partial charge in [-0.15, -0.1) is 16.4 Å². The van der Waals surface area contributed by atoms with Crippen LogP contribution >= 0.6 is 11.3 Å². The highest BCUT2D eigenvalue weighted by atomic mass is 32.1. The Labute approximate surface area is 172 Å². The maximum atomic E-state index is 12.9. The monoisotopic (exact) mass is 415 g/mol. The molecule has 0 radical (unpaired) electrons. The fraction of sp³-hybridized carbons (Fsp3) is 0.600. The van der Waals surface area contributed by atoms with Gasteiger partial charge in [-0.3, -0.25) is 4.79 Å². The number of nitrogens with zero attached hydrogens (tertiary/aromatic N) is 5. The van der Waals surface area contributed by atoms with Gasteiger partial charge in [0.05, 0.1) is 17.6 Å². The van der Waals surface area contributed by atoms with Gasteiger partial charge in [0, 0.05) is 18.0 Å². The first-order valence-electron chi connectivity index (χ1n) is 10.2. The SMILES string of the molecule is C[C@@H]1CCc2c(sc3ncn4c(=O)n(CC(=O)N5C[C@@H](C)O[C@H](C)C5)nc4c23)C1. The molecule has 0 spiro atoms. The summed E-state index contributed by atoms with van der Waals surface area (Å²) >= 11 is 1.71. The second-order valence-electron chi connectivity index (χ2n) is 8.47. The van der Waals surface area contributed by atoms with Crippen molar-refractivity contribution in [2.75, 3.05) is 13.1 Å². The summed E-state index contributed by atoms with van der Waals surface area (Å²) in [7, 11) is 0. The smallest absolute Gasteiger partial charge is 0.352 e. The van der Waals surface area contributed by atoms with Gasteiger partial charge in [0.15, 0.2) is 5.65 Å². The van der Waals surface area contributed by atoms with Crippen LogP contribution < -0.4 is 5.69 Å². The predicted octanol–water partition coefficient (Wildman–Crippen LogP) is 1.87. The lowest BCUT2D eigenvalue weighted by Crippen LogP contribution is -2.49. The van der Waals surface area contributed by atoms with Crippen molar-refractivity contribution < 1.29 is 9.53 Å². The van der Waals surface area contributed by atoms with Crippen molar-refractivity contribution in [3.8, 4) is 0 Å². The van der Waals surface area contributed by atoms with Crippen LogP contribution in [0.5, 0.6) is 0 Å². The van der Waals surface area contributed by atoms with Crippen LogP contribution in [-0.4, -0.2) is 55.3 Å². The van der Waals surface area contributed by atoms with Crippen molar-refractivity contribution in [2.45, 2.75) is 58.8 Å². The van der Waals surface area contributed by atoms with Crippen LogP contribution in [0.4, 0.5) is 0 Å². The van der Waals surface area contributed by atoms with Gasteiger partial charge in [-0.2, -0.15) is 0 Å². The summed E-state index contributed by atoms with van der Waals surface area (Å²) in [4.78, 5) is 34.3. The van der Waals surface area contributed by atoms with Crippen molar-refractivity contribution in [3.05, 3.63) is 27.3 Å². The van der Waals surface area contributed by atoms with Gasteiger partial charge in [0.2, 0.25) is 5.91 Å². The molecule has 0 saturated carbocycles. The number of aryl methyl sites for hydroxylation is 1. The minimum absolute atomic E-state index is 0.0102. The van der Waals surface area contributed by atoms with Crippen LogP contribution in [0.3, 0.4) is 0 Å². The van der Waals surface area contributed by atoms with E-state index in [0.717, 1.165) is 29.5 Å². The number of hydrogen-bond acceptors (Lipinski definition) is 6. The highest BCUT2D eigenvalue weighted by Gasteiger charge is 2.28. The quantitative estimate of drug-likeness (QED) is 0.638. The number of morpholine rings is 1. The number of hydrogen-bond donors (Lipinski definition) is 0. The fourth-order valence-corrected chi connectivity index (χ4v) is 5.92. The maximum Gasteiger partial charge on any atom is 0.352 e. The molecule has 1 aliphatic carbocycles. The van der Waals surface area contributed by atoms with E-state index in [-0.39, 0.29) is 30.3 Å². The molecule has 0 unspecified atom stereocenters. The number of carbonyl (C=O) groups is 1. The Morgan fingerprint density at radius 1 is 1.28 bits per heavy atom. The number of thiophene rings is 1. The predicted molar refractivity (Wildman–Crippen MR) is 110 cm³/mol. The van der Waals surface area contributed by atoms with Crippen LogP contribution in [0, 0.1) is 5.92 Å². The standard InChI is InChI=1S/C20H25N5O3S/c1-11-4-5-14-15(6-11)29-19-17(14)18-22-25(20(27)24(18)10-21-19)9-16(26)23-7-12(2)28-13(3)8-23/h10-13H,4-9H2,1-3H3/t11-,12-,13-/m1/s1. The van der Waals surface area contributed by atoms with Crippen molar-refractivity contribution >= 4 is 33.1 Å². The van der Waals surface area contributed by atoms with Gasteiger partial charge in [0.1, 0.15) is 17.7 Å². The number of rotatable bonds is 2. The molecule has 0 bridgehead atoms. The molecule has 1 amide bonds. The molecule has 9 heteroatoms. The van der Waals surface area contributed by atoms with E-state index in [2.05, 4.69) is 17.0 Å². The zero-order valence-corrected chi connectivity index (χ0v) is 17.7. The van der Waals surface area contributed by atoms with E-state index in [9.17, 15) is 9.59 Å². The average Bonchev–Trinajstić information content (AvgIpc) is 3.18. The highest BCUT2D eigenvalue weighted by Crippen LogP contribution is 2.38. The summed E-state index contributed by atoms with van der Waals surface area (Å²) in [6.07, 6.45) is 4.70. The van der Waals surface area contributed by atoms with Crippen molar-refractivity contribution in [1.29, 1.82) is 0 Å². The van der Waals surface area contributed by atoms with Gasteiger partial charge in [-0.1, -0.05) is 6.92 Å². The molecular weight excluding hydrogens is 390 g/mol. The summed E-state index contributed by atoms with van der Waals surface area (Å²) in [6, 6.07) is 0. The number of amides is 1. The summed E-state index contributed by atoms with van der Waals surface area (Å²) < 4.78 is 8.45. The summed E-state index contributed by atoms with van der Waals surface area (Å²) in [6.45, 7) is 7.19. The van der Waals surface area contributed by atoms with Crippen LogP contribution in [0.15, 0.2) is 11.1 Å². The summed E-state index contributed by atoms with van der Waals surface area (Å²) in [5, 5.41) is 5.55. The Balaban J connectivity index is 1.52. The molecule has 29 heavy (non-hydrogen) atoms. The minimum Gasteiger partial charge on any atom is -0.372 e. The van der Waals surface area contributed by atoms with Gasteiger partial charge in [-0.05, 0) is 44.6 Å². The normalized spacial score (nSPS) is 24.9. The van der Waals surface area contributed by atoms with Crippen molar-refractivity contribution in [3.63, 3.8) is 0 Å². The lowest BCUT2D eigenvalue weighted by Gasteiger charge is -2.35. The zero-order valence-electron chi connectivity index (χ0n) is 16.9. The molecular formula is C20H25N5O3S. The molecule has 1 fully saturated rings. The fourth-order valence-electron chi connectivity index (χ4n) is 4.58. The molecule has 3 atom stereocenters. The van der Waals surface area contributed by atoms with Crippen molar-refractivity contribution in [1.82, 2.24) is 24.1 Å². The lowest BCUT2D eigenvalue weighted by molar-refractivity contribution is -0.144. The van der Waals surface area contributed by atoms with E-state index in [0.29, 0.717) is 24.7 Å². The molecule has 0 N–H and O–H groups in total. The second-order valence-corrected chi connectivity index (χ2v) is 9.55. The zero-order chi connectivity index (χ0) is 20.3. The third-order valence-corrected chi connectivity index (χ3v) is 7.10. The van der Waals surface area contributed by atoms with Gasteiger partial charge < -0.3 is 9.64 Å². The molecule has 5 rings (SSSR count). The summed E-state index contributed by atoms with van der Waals surface area (Å²) in [5.41, 5.74) is 1.57. The Bertz CT molecular complexity index is 1150. The number of fused-ring (bicyclic) bond motifs is 5. The topological polar surface area (TPSA) is 81.7 Å². The third-order valence-electron chi connectivity index (χ3n) is 5.94. The van der Waals surface area contributed by atoms with Crippen molar-refractivity contribution in [2.24, 2.45) is 5.92 Å². The van der Waals surface area contributed by atoms with Crippen LogP contribution in [0.1, 0.15) is 37.6 Å². The molecule has 1 saturated heterocycles. The van der Waals surface area contributed by atoms with E-state index in [1.807, 2.05) is 13.8 Å². The van der Waals surface area contributed by atoms with Gasteiger partial charge in [-0.25, -0.2) is 18.9 Å². The Kier molecular flexibility index (Phi) is 4.47. The number of aromatic nitrogens is 4. The highest BCUT2D eigenvalue weighted by molar-refractivity contribution is 7.19. The first-order valence-corrected chi connectivity index (χ1v) is 11.0. The average molecular weight is 416 g/mol. The maximum absolute atomic E-state index is 12.9. The third kappa shape index (κ3) is 3.16. The molecule has 1 aliphatic heterocycles. The van der Waals surface area contributed by atoms with E-state index in [4.69, 9.17) is 4.74 Å². The molecule has 3 aromatic rings. The Morgan fingerprint density at radius 2 is 2.03 bits per heavy atom. The molecule has 8 nitrogen and oxygen atoms in total. The van der Waals surface area contributed by atoms with Crippen LogP contribution in [0.25, 0.3) is 15.9 Å². The molecule has 2 aliphatic rings. The van der Waals surface area contributed by atoms with E-state index in [1.165, 1.54) is 25.9 Å². The number of carbonyl (C=O) groups excluding carboxylic acids is 1. The molecule has 4 heterocycles. The van der Waals surface area contributed by atoms with E-state index < -0.39 is 0 Å². The minimum atomic E-state index is -0.318. The van der Waals surface area contributed by atoms with Gasteiger partial charge >= 0.3 is 5.69 Å². The molecule has 3 aromatic heterocycles. The number of ether oxygens (including phenoxy) is 1. The molecule has 0 aromatic carbocycles. The van der Waals surface area contributed by atoms with Crippen LogP contribution in [-0.2, 0) is 28.9 Å². The molecule has 154 valence electrons. The first-order chi connectivity index (χ1) is 13.9. The second kappa shape index (κ2) is 6.91.